The molecule has 0 aromatic heterocycles. The number of benzene rings is 3. The van der Waals surface area contributed by atoms with E-state index in [4.69, 9.17) is 46.4 Å². The Labute approximate surface area is 183 Å². The number of aliphatic hydroxyl groups is 1. The number of hydrogen-bond acceptors (Lipinski definition) is 3. The molecule has 3 rings (SSSR count). The molecule has 28 heavy (non-hydrogen) atoms. The summed E-state index contributed by atoms with van der Waals surface area (Å²) in [4.78, 5) is -0.223. The molecule has 0 fully saturated rings. The van der Waals surface area contributed by atoms with E-state index in [2.05, 4.69) is 0 Å². The molecule has 1 N–H and O–H groups in total. The van der Waals surface area contributed by atoms with E-state index >= 15 is 0 Å². The molecule has 0 aliphatic carbocycles. The number of rotatable bonds is 5. The smallest absolute Gasteiger partial charge is 0.184 e. The molecule has 0 spiro atoms. The quantitative estimate of drug-likeness (QED) is 0.491. The molecule has 146 valence electrons. The maximum Gasteiger partial charge on any atom is 0.184 e. The molecule has 0 atom stereocenters. The first kappa shape index (κ1) is 21.4. The molecule has 0 unspecified atom stereocenters. The standard InChI is InChI=1S/C20H14Cl4O3S/c21-15-8-4-13(5-9-15)20(25,14-6-10-16(22)11-7-14)12-28(26,27)19-17(23)2-1-3-18(19)24/h1-11,25H,12H2. The highest BCUT2D eigenvalue weighted by Gasteiger charge is 2.39. The van der Waals surface area contributed by atoms with Crippen molar-refractivity contribution in [2.24, 2.45) is 0 Å². The lowest BCUT2D eigenvalue weighted by Gasteiger charge is -2.29. The van der Waals surface area contributed by atoms with Gasteiger partial charge in [0.05, 0.1) is 15.8 Å². The van der Waals surface area contributed by atoms with Crippen LogP contribution >= 0.6 is 46.4 Å². The third kappa shape index (κ3) is 4.33. The summed E-state index contributed by atoms with van der Waals surface area (Å²) in [6.45, 7) is 0. The summed E-state index contributed by atoms with van der Waals surface area (Å²) < 4.78 is 26.4. The van der Waals surface area contributed by atoms with Crippen LogP contribution in [0.25, 0.3) is 0 Å². The van der Waals surface area contributed by atoms with Crippen LogP contribution in [0.15, 0.2) is 71.6 Å². The van der Waals surface area contributed by atoms with Crippen LogP contribution in [-0.4, -0.2) is 19.3 Å². The van der Waals surface area contributed by atoms with Crippen molar-refractivity contribution >= 4 is 56.2 Å². The molecule has 0 bridgehead atoms. The second-order valence-electron chi connectivity index (χ2n) is 6.18. The fraction of sp³-hybridized carbons (Fsp3) is 0.100. The maximum absolute atomic E-state index is 13.2. The predicted octanol–water partition coefficient (Wildman–Crippen LogP) is 6.01. The third-order valence-electron chi connectivity index (χ3n) is 4.27. The number of sulfone groups is 1. The first-order valence-electron chi connectivity index (χ1n) is 8.05. The maximum atomic E-state index is 13.2. The van der Waals surface area contributed by atoms with Gasteiger partial charge in [-0.2, -0.15) is 0 Å². The Kier molecular flexibility index (Phi) is 6.30. The van der Waals surface area contributed by atoms with E-state index in [0.29, 0.717) is 21.2 Å². The molecular formula is C20H14Cl4O3S. The molecule has 0 aliphatic heterocycles. The molecule has 0 radical (unpaired) electrons. The van der Waals surface area contributed by atoms with Gasteiger partial charge in [-0.15, -0.1) is 0 Å². The minimum atomic E-state index is -4.08. The average Bonchev–Trinajstić information content (AvgIpc) is 2.61. The first-order valence-corrected chi connectivity index (χ1v) is 11.2. The second kappa shape index (κ2) is 8.23. The fourth-order valence-electron chi connectivity index (χ4n) is 2.91. The predicted molar refractivity (Wildman–Crippen MR) is 114 cm³/mol. The summed E-state index contributed by atoms with van der Waals surface area (Å²) in [5.41, 5.74) is -1.17. The van der Waals surface area contributed by atoms with Crippen LogP contribution in [0.5, 0.6) is 0 Å². The van der Waals surface area contributed by atoms with Gasteiger partial charge in [-0.05, 0) is 47.5 Å². The van der Waals surface area contributed by atoms with E-state index in [-0.39, 0.29) is 14.9 Å². The van der Waals surface area contributed by atoms with Gasteiger partial charge in [0.15, 0.2) is 9.84 Å². The molecule has 3 nitrogen and oxygen atoms in total. The summed E-state index contributed by atoms with van der Waals surface area (Å²) in [6, 6.07) is 17.0. The SMILES string of the molecule is O=S(=O)(CC(O)(c1ccc(Cl)cc1)c1ccc(Cl)cc1)c1c(Cl)cccc1Cl. The van der Waals surface area contributed by atoms with Crippen LogP contribution in [0.3, 0.4) is 0 Å². The van der Waals surface area contributed by atoms with Crippen LogP contribution in [0.1, 0.15) is 11.1 Å². The van der Waals surface area contributed by atoms with Crippen LogP contribution < -0.4 is 0 Å². The Morgan fingerprint density at radius 1 is 0.714 bits per heavy atom. The molecule has 8 heteroatoms. The summed E-state index contributed by atoms with van der Waals surface area (Å²) in [7, 11) is -4.08. The van der Waals surface area contributed by atoms with E-state index in [1.807, 2.05) is 0 Å². The molecular weight excluding hydrogens is 462 g/mol. The highest BCUT2D eigenvalue weighted by molar-refractivity contribution is 7.91. The van der Waals surface area contributed by atoms with Gasteiger partial charge in [-0.1, -0.05) is 76.7 Å². The summed E-state index contributed by atoms with van der Waals surface area (Å²) in [5.74, 6) is -0.674. The van der Waals surface area contributed by atoms with Gasteiger partial charge in [-0.25, -0.2) is 8.42 Å². The van der Waals surface area contributed by atoms with Crippen molar-refractivity contribution in [1.82, 2.24) is 0 Å². The van der Waals surface area contributed by atoms with Gasteiger partial charge >= 0.3 is 0 Å². The van der Waals surface area contributed by atoms with Crippen LogP contribution in [0, 0.1) is 0 Å². The zero-order valence-corrected chi connectivity index (χ0v) is 18.1. The fourth-order valence-corrected chi connectivity index (χ4v) is 6.02. The highest BCUT2D eigenvalue weighted by atomic mass is 35.5. The van der Waals surface area contributed by atoms with Crippen molar-refractivity contribution in [1.29, 1.82) is 0 Å². The normalized spacial score (nSPS) is 12.2. The van der Waals surface area contributed by atoms with E-state index < -0.39 is 21.2 Å². The van der Waals surface area contributed by atoms with Crippen molar-refractivity contribution in [3.05, 3.63) is 97.9 Å². The van der Waals surface area contributed by atoms with Crippen LogP contribution in [0.4, 0.5) is 0 Å². The molecule has 0 saturated heterocycles. The Morgan fingerprint density at radius 2 is 1.11 bits per heavy atom. The lowest BCUT2D eigenvalue weighted by atomic mass is 9.88. The highest BCUT2D eigenvalue weighted by Crippen LogP contribution is 2.37. The second-order valence-corrected chi connectivity index (χ2v) is 9.80. The molecule has 0 saturated carbocycles. The summed E-state index contributed by atoms with van der Waals surface area (Å²) in [5, 5.41) is 12.5. The van der Waals surface area contributed by atoms with Crippen molar-refractivity contribution in [3.63, 3.8) is 0 Å². The van der Waals surface area contributed by atoms with E-state index in [1.54, 1.807) is 54.6 Å². The third-order valence-corrected chi connectivity index (χ3v) is 7.49. The van der Waals surface area contributed by atoms with Gasteiger partial charge < -0.3 is 5.11 Å². The van der Waals surface area contributed by atoms with E-state index in [0.717, 1.165) is 0 Å². The van der Waals surface area contributed by atoms with Crippen molar-refractivity contribution < 1.29 is 13.5 Å². The molecule has 0 amide bonds. The zero-order chi connectivity index (χ0) is 20.5. The molecule has 0 heterocycles. The van der Waals surface area contributed by atoms with Crippen LogP contribution in [-0.2, 0) is 15.4 Å². The molecule has 3 aromatic carbocycles. The van der Waals surface area contributed by atoms with Gasteiger partial charge in [0.2, 0.25) is 0 Å². The van der Waals surface area contributed by atoms with Gasteiger partial charge in [0.1, 0.15) is 10.5 Å². The van der Waals surface area contributed by atoms with Crippen LogP contribution in [0.2, 0.25) is 20.1 Å². The Hall–Kier alpha value is -1.27. The Balaban J connectivity index is 2.17. The molecule has 3 aromatic rings. The monoisotopic (exact) mass is 474 g/mol. The molecule has 0 aliphatic rings. The topological polar surface area (TPSA) is 54.4 Å². The lowest BCUT2D eigenvalue weighted by Crippen LogP contribution is -2.36. The average molecular weight is 476 g/mol. The van der Waals surface area contributed by atoms with Crippen molar-refractivity contribution in [3.8, 4) is 0 Å². The van der Waals surface area contributed by atoms with Crippen molar-refractivity contribution in [2.75, 3.05) is 5.75 Å². The first-order chi connectivity index (χ1) is 13.1. The van der Waals surface area contributed by atoms with Gasteiger partial charge in [0.25, 0.3) is 0 Å². The zero-order valence-electron chi connectivity index (χ0n) is 14.2. The van der Waals surface area contributed by atoms with Gasteiger partial charge in [-0.3, -0.25) is 0 Å². The lowest BCUT2D eigenvalue weighted by molar-refractivity contribution is 0.105. The number of hydrogen-bond donors (Lipinski definition) is 1. The minimum Gasteiger partial charge on any atom is -0.379 e. The summed E-state index contributed by atoms with van der Waals surface area (Å²) in [6.07, 6.45) is 0. The summed E-state index contributed by atoms with van der Waals surface area (Å²) >= 11 is 24.1. The van der Waals surface area contributed by atoms with Gasteiger partial charge in [0, 0.05) is 10.0 Å². The minimum absolute atomic E-state index is 0.0120. The Bertz CT molecular complexity index is 1030. The van der Waals surface area contributed by atoms with Crippen molar-refractivity contribution in [2.45, 2.75) is 10.5 Å². The van der Waals surface area contributed by atoms with E-state index in [1.165, 1.54) is 12.1 Å². The number of halogens is 4. The Morgan fingerprint density at radius 3 is 1.50 bits per heavy atom. The largest absolute Gasteiger partial charge is 0.379 e. The van der Waals surface area contributed by atoms with E-state index in [9.17, 15) is 13.5 Å².